The van der Waals surface area contributed by atoms with Crippen LogP contribution < -0.4 is 22.5 Å². The number of rotatable bonds is 6. The summed E-state index contributed by atoms with van der Waals surface area (Å²) in [5.74, 6) is -0.568. The van der Waals surface area contributed by atoms with Crippen molar-refractivity contribution in [2.75, 3.05) is 19.0 Å². The van der Waals surface area contributed by atoms with Crippen molar-refractivity contribution in [1.82, 2.24) is 10.3 Å². The predicted octanol–water partition coefficient (Wildman–Crippen LogP) is 4.76. The first kappa shape index (κ1) is 27.8. The van der Waals surface area contributed by atoms with Crippen LogP contribution in [0.1, 0.15) is 48.8 Å². The number of anilines is 1. The lowest BCUT2D eigenvalue weighted by atomic mass is 9.98. The Morgan fingerprint density at radius 2 is 1.89 bits per heavy atom. The van der Waals surface area contributed by atoms with Crippen molar-refractivity contribution >= 4 is 39.7 Å². The zero-order chi connectivity index (χ0) is 26.1. The Hall–Kier alpha value is -3.49. The lowest BCUT2D eigenvalue weighted by molar-refractivity contribution is 0.0960. The normalized spacial score (nSPS) is 12.3. The molecule has 35 heavy (non-hydrogen) atoms. The van der Waals surface area contributed by atoms with E-state index in [2.05, 4.69) is 31.1 Å². The molecule has 0 unspecified atom stereocenters. The highest BCUT2D eigenvalue weighted by molar-refractivity contribution is 8.02. The average Bonchev–Trinajstić information content (AvgIpc) is 2.90. The largest absolute Gasteiger partial charge is 0.505 e. The summed E-state index contributed by atoms with van der Waals surface area (Å²) in [5.41, 5.74) is 23.4. The van der Waals surface area contributed by atoms with E-state index in [1.807, 2.05) is 36.6 Å². The molecule has 0 bridgehead atoms. The van der Waals surface area contributed by atoms with Gasteiger partial charge in [0.1, 0.15) is 0 Å². The number of allylic oxidation sites excluding steroid dienone is 3. The van der Waals surface area contributed by atoms with Crippen LogP contribution in [0.4, 0.5) is 5.69 Å². The Bertz CT molecular complexity index is 1250. The number of hydrogen-bond acceptors (Lipinski definition) is 7. The molecule has 0 aliphatic heterocycles. The number of carbonyl (C=O) groups is 1. The second-order valence-electron chi connectivity index (χ2n) is 7.94. The average molecular weight is 494 g/mol. The second kappa shape index (κ2) is 12.8. The fraction of sp³-hybridized carbons (Fsp3) is 0.259. The molecule has 7 nitrogen and oxygen atoms in total. The molecule has 0 aliphatic rings. The Morgan fingerprint density at radius 1 is 1.17 bits per heavy atom. The predicted molar refractivity (Wildman–Crippen MR) is 149 cm³/mol. The van der Waals surface area contributed by atoms with E-state index in [1.54, 1.807) is 30.1 Å². The van der Waals surface area contributed by atoms with Gasteiger partial charge in [-0.1, -0.05) is 30.7 Å². The number of nitrogens with zero attached hydrogens (tertiary/aromatic N) is 1. The van der Waals surface area contributed by atoms with Gasteiger partial charge in [-0.3, -0.25) is 9.78 Å². The molecular weight excluding hydrogens is 458 g/mol. The van der Waals surface area contributed by atoms with E-state index in [0.29, 0.717) is 11.9 Å². The minimum Gasteiger partial charge on any atom is -0.505 e. The van der Waals surface area contributed by atoms with Gasteiger partial charge in [0.25, 0.3) is 5.91 Å². The number of thioether (sulfide) groups is 1. The molecule has 1 aromatic heterocycles. The van der Waals surface area contributed by atoms with Crippen molar-refractivity contribution in [2.24, 2.45) is 11.5 Å². The van der Waals surface area contributed by atoms with Crippen LogP contribution in [0.15, 0.2) is 64.8 Å². The van der Waals surface area contributed by atoms with E-state index >= 15 is 0 Å². The molecule has 0 spiro atoms. The van der Waals surface area contributed by atoms with Crippen molar-refractivity contribution in [1.29, 1.82) is 0 Å². The van der Waals surface area contributed by atoms with E-state index in [9.17, 15) is 9.90 Å². The number of nitrogens with one attached hydrogen (secondary N) is 1. The van der Waals surface area contributed by atoms with E-state index in [0.717, 1.165) is 33.7 Å². The summed E-state index contributed by atoms with van der Waals surface area (Å²) in [6.07, 6.45) is 4.83. The second-order valence-corrected chi connectivity index (χ2v) is 8.79. The summed E-state index contributed by atoms with van der Waals surface area (Å²) in [7, 11) is 1.50. The number of phenolic OH excluding ortho intramolecular Hbond substituents is 1. The fourth-order valence-corrected chi connectivity index (χ4v) is 3.96. The summed E-state index contributed by atoms with van der Waals surface area (Å²) < 4.78 is 0. The molecule has 8 heteroatoms. The van der Waals surface area contributed by atoms with Gasteiger partial charge in [-0.2, -0.15) is 0 Å². The summed E-state index contributed by atoms with van der Waals surface area (Å²) in [5, 5.41) is 14.7. The summed E-state index contributed by atoms with van der Waals surface area (Å²) >= 11 is 1.57. The molecule has 2 aromatic carbocycles. The third-order valence-electron chi connectivity index (χ3n) is 5.86. The van der Waals surface area contributed by atoms with Crippen LogP contribution in [0.25, 0.3) is 16.3 Å². The Balaban J connectivity index is 0.000000247. The Morgan fingerprint density at radius 3 is 2.43 bits per heavy atom. The van der Waals surface area contributed by atoms with Gasteiger partial charge in [0.05, 0.1) is 22.0 Å². The molecule has 0 saturated heterocycles. The zero-order valence-electron chi connectivity index (χ0n) is 21.0. The number of fused-ring (bicyclic) bond motifs is 1. The fourth-order valence-electron chi connectivity index (χ4n) is 3.50. The molecule has 8 N–H and O–H groups in total. The molecular formula is C27H35N5O2S. The first-order valence-electron chi connectivity index (χ1n) is 11.3. The topological polar surface area (TPSA) is 140 Å². The van der Waals surface area contributed by atoms with Crippen LogP contribution in [0.2, 0.25) is 0 Å². The SMILES string of the molecule is CC/C(C)=C(C)/C(=C(/N)SC)c1ccccn1.CNC(=O)c1cc2cc(CN)ccc2c(N)c1O. The number of amides is 1. The first-order valence-corrected chi connectivity index (χ1v) is 12.5. The Labute approximate surface area is 211 Å². The molecule has 0 aliphatic carbocycles. The van der Waals surface area contributed by atoms with Gasteiger partial charge in [0.2, 0.25) is 0 Å². The summed E-state index contributed by atoms with van der Waals surface area (Å²) in [4.78, 5) is 16.0. The third-order valence-corrected chi connectivity index (χ3v) is 6.50. The van der Waals surface area contributed by atoms with Gasteiger partial charge in [-0.25, -0.2) is 0 Å². The minimum atomic E-state index is -0.376. The number of benzene rings is 2. The van der Waals surface area contributed by atoms with E-state index in [-0.39, 0.29) is 22.9 Å². The highest BCUT2D eigenvalue weighted by Crippen LogP contribution is 2.34. The maximum Gasteiger partial charge on any atom is 0.254 e. The molecule has 0 saturated carbocycles. The van der Waals surface area contributed by atoms with Crippen molar-refractivity contribution in [3.63, 3.8) is 0 Å². The number of nitrogen functional groups attached to an aromatic ring is 1. The highest BCUT2D eigenvalue weighted by Gasteiger charge is 2.15. The molecule has 3 rings (SSSR count). The van der Waals surface area contributed by atoms with Crippen LogP contribution in [-0.2, 0) is 6.54 Å². The van der Waals surface area contributed by atoms with E-state index < -0.39 is 0 Å². The molecule has 3 aromatic rings. The molecule has 1 heterocycles. The van der Waals surface area contributed by atoms with Crippen LogP contribution >= 0.6 is 11.8 Å². The zero-order valence-corrected chi connectivity index (χ0v) is 21.8. The van der Waals surface area contributed by atoms with Gasteiger partial charge in [-0.15, -0.1) is 11.8 Å². The number of hydrogen-bond donors (Lipinski definition) is 5. The number of pyridine rings is 1. The van der Waals surface area contributed by atoms with E-state index in [4.69, 9.17) is 17.2 Å². The van der Waals surface area contributed by atoms with Crippen molar-refractivity contribution in [2.45, 2.75) is 33.7 Å². The monoisotopic (exact) mass is 493 g/mol. The highest BCUT2D eigenvalue weighted by atomic mass is 32.2. The maximum absolute atomic E-state index is 11.6. The smallest absolute Gasteiger partial charge is 0.254 e. The number of nitrogens with two attached hydrogens (primary N) is 3. The van der Waals surface area contributed by atoms with Crippen LogP contribution in [0, 0.1) is 0 Å². The standard InChI is InChI=1S/C14H20N2S.C13H15N3O2/c1-5-10(2)11(3)13(14(15)17-4)12-8-6-7-9-16-12;1-16-13(18)10-5-8-4-7(6-14)2-3-9(8)11(15)12(10)17/h6-9H,5,15H2,1-4H3;2-5,17H,6,14-15H2,1H3,(H,16,18)/b11-10+,14-13+;. The number of aromatic hydroxyl groups is 1. The molecule has 1 amide bonds. The maximum atomic E-state index is 11.6. The van der Waals surface area contributed by atoms with Crippen molar-refractivity contribution in [3.8, 4) is 5.75 Å². The number of carbonyl (C=O) groups excluding carboxylic acids is 1. The van der Waals surface area contributed by atoms with Gasteiger partial charge < -0.3 is 27.6 Å². The molecule has 0 atom stereocenters. The van der Waals surface area contributed by atoms with Gasteiger partial charge >= 0.3 is 0 Å². The number of phenols is 1. The van der Waals surface area contributed by atoms with Crippen LogP contribution in [-0.4, -0.2) is 29.3 Å². The van der Waals surface area contributed by atoms with Gasteiger partial charge in [-0.05, 0) is 67.3 Å². The quantitative estimate of drug-likeness (QED) is 0.189. The van der Waals surface area contributed by atoms with Crippen LogP contribution in [0.5, 0.6) is 5.75 Å². The summed E-state index contributed by atoms with van der Waals surface area (Å²) in [6, 6.07) is 13.0. The Kier molecular flexibility index (Phi) is 10.2. The van der Waals surface area contributed by atoms with Crippen molar-refractivity contribution in [3.05, 3.63) is 81.7 Å². The lowest BCUT2D eigenvalue weighted by Crippen LogP contribution is -2.18. The molecule has 0 radical (unpaired) electrons. The molecule has 0 fully saturated rings. The minimum absolute atomic E-state index is 0.164. The van der Waals surface area contributed by atoms with Gasteiger partial charge in [0, 0.05) is 30.7 Å². The number of aromatic nitrogens is 1. The van der Waals surface area contributed by atoms with Gasteiger partial charge in [0.15, 0.2) is 5.75 Å². The van der Waals surface area contributed by atoms with Crippen LogP contribution in [0.3, 0.4) is 0 Å². The molecule has 186 valence electrons. The van der Waals surface area contributed by atoms with Crippen molar-refractivity contribution < 1.29 is 9.90 Å². The van der Waals surface area contributed by atoms with E-state index in [1.165, 1.54) is 18.2 Å². The first-order chi connectivity index (χ1) is 16.7. The third kappa shape index (κ3) is 6.55. The summed E-state index contributed by atoms with van der Waals surface area (Å²) in [6.45, 7) is 6.83. The lowest BCUT2D eigenvalue weighted by Gasteiger charge is -2.13.